The number of hydrogen-bond donors (Lipinski definition) is 1. The maximum Gasteiger partial charge on any atom is 0.166 e. The summed E-state index contributed by atoms with van der Waals surface area (Å²) in [4.78, 5) is 0. The molecule has 2 nitrogen and oxygen atoms in total. The van der Waals surface area contributed by atoms with Crippen molar-refractivity contribution in [2.75, 3.05) is 0 Å². The number of aliphatic hydroxyl groups excluding tert-OH is 1. The van der Waals surface area contributed by atoms with Crippen LogP contribution in [-0.4, -0.2) is 5.11 Å². The van der Waals surface area contributed by atoms with E-state index in [2.05, 4.69) is 6.92 Å². The molecule has 0 aromatic heterocycles. The fraction of sp³-hybridized carbons (Fsp3) is 0.462. The highest BCUT2D eigenvalue weighted by atomic mass is 16.3. The van der Waals surface area contributed by atoms with Gasteiger partial charge in [0.15, 0.2) is 6.10 Å². The van der Waals surface area contributed by atoms with Crippen LogP contribution >= 0.6 is 0 Å². The van der Waals surface area contributed by atoms with Gasteiger partial charge in [-0.15, -0.1) is 0 Å². The van der Waals surface area contributed by atoms with Crippen LogP contribution in [0.5, 0.6) is 0 Å². The Morgan fingerprint density at radius 2 is 1.93 bits per heavy atom. The SMILES string of the molecule is CC.CCCc1ccccc1C(O)C#N. The van der Waals surface area contributed by atoms with E-state index in [1.165, 1.54) is 0 Å². The highest BCUT2D eigenvalue weighted by molar-refractivity contribution is 5.31. The summed E-state index contributed by atoms with van der Waals surface area (Å²) >= 11 is 0. The van der Waals surface area contributed by atoms with E-state index in [0.717, 1.165) is 24.0 Å². The van der Waals surface area contributed by atoms with Gasteiger partial charge in [-0.1, -0.05) is 51.5 Å². The van der Waals surface area contributed by atoms with Crippen LogP contribution in [0.4, 0.5) is 0 Å². The fourth-order valence-corrected chi connectivity index (χ4v) is 1.37. The molecule has 1 N–H and O–H groups in total. The van der Waals surface area contributed by atoms with Crippen molar-refractivity contribution in [2.24, 2.45) is 0 Å². The summed E-state index contributed by atoms with van der Waals surface area (Å²) in [7, 11) is 0. The predicted molar refractivity (Wildman–Crippen MR) is 62.4 cm³/mol. The molecular formula is C13H19NO. The molecule has 0 fully saturated rings. The second kappa shape index (κ2) is 8.02. The molecule has 0 radical (unpaired) electrons. The summed E-state index contributed by atoms with van der Waals surface area (Å²) in [5, 5.41) is 18.0. The third kappa shape index (κ3) is 4.14. The van der Waals surface area contributed by atoms with Crippen LogP contribution in [0.15, 0.2) is 24.3 Å². The molecule has 2 heteroatoms. The largest absolute Gasteiger partial charge is 0.374 e. The Hall–Kier alpha value is -1.33. The molecule has 1 atom stereocenters. The Morgan fingerprint density at radius 3 is 2.47 bits per heavy atom. The lowest BCUT2D eigenvalue weighted by atomic mass is 10.00. The topological polar surface area (TPSA) is 44.0 Å². The van der Waals surface area contributed by atoms with Crippen LogP contribution < -0.4 is 0 Å². The van der Waals surface area contributed by atoms with Gasteiger partial charge >= 0.3 is 0 Å². The Labute approximate surface area is 92.2 Å². The molecule has 1 aromatic carbocycles. The zero-order valence-electron chi connectivity index (χ0n) is 9.70. The minimum absolute atomic E-state index is 0.742. The first-order valence-electron chi connectivity index (χ1n) is 5.45. The van der Waals surface area contributed by atoms with Crippen molar-refractivity contribution >= 4 is 0 Å². The van der Waals surface area contributed by atoms with Crippen LogP contribution in [0.1, 0.15) is 44.4 Å². The fourth-order valence-electron chi connectivity index (χ4n) is 1.37. The third-order valence-corrected chi connectivity index (χ3v) is 1.99. The molecule has 1 aromatic rings. The monoisotopic (exact) mass is 205 g/mol. The lowest BCUT2D eigenvalue weighted by molar-refractivity contribution is 0.234. The number of aliphatic hydroxyl groups is 1. The quantitative estimate of drug-likeness (QED) is 0.770. The van der Waals surface area contributed by atoms with E-state index < -0.39 is 6.10 Å². The summed E-state index contributed by atoms with van der Waals surface area (Å²) in [6.45, 7) is 6.08. The Kier molecular flexibility index (Phi) is 7.31. The molecule has 15 heavy (non-hydrogen) atoms. The second-order valence-corrected chi connectivity index (χ2v) is 2.98. The minimum atomic E-state index is -0.984. The van der Waals surface area contributed by atoms with Crippen LogP contribution in [-0.2, 0) is 6.42 Å². The molecule has 0 aliphatic carbocycles. The molecular weight excluding hydrogens is 186 g/mol. The number of nitrogens with zero attached hydrogens (tertiary/aromatic N) is 1. The van der Waals surface area contributed by atoms with Crippen LogP contribution in [0.25, 0.3) is 0 Å². The second-order valence-electron chi connectivity index (χ2n) is 2.98. The van der Waals surface area contributed by atoms with Crippen molar-refractivity contribution in [2.45, 2.75) is 39.7 Å². The summed E-state index contributed by atoms with van der Waals surface area (Å²) < 4.78 is 0. The van der Waals surface area contributed by atoms with Crippen LogP contribution in [0, 0.1) is 11.3 Å². The zero-order chi connectivity index (χ0) is 11.7. The van der Waals surface area contributed by atoms with E-state index in [9.17, 15) is 5.11 Å². The van der Waals surface area contributed by atoms with E-state index in [0.29, 0.717) is 0 Å². The van der Waals surface area contributed by atoms with Crippen molar-refractivity contribution in [3.05, 3.63) is 35.4 Å². The first-order chi connectivity index (χ1) is 7.29. The van der Waals surface area contributed by atoms with Gasteiger partial charge in [-0.3, -0.25) is 0 Å². The first kappa shape index (κ1) is 13.7. The zero-order valence-corrected chi connectivity index (χ0v) is 9.70. The third-order valence-electron chi connectivity index (χ3n) is 1.99. The van der Waals surface area contributed by atoms with E-state index in [1.807, 2.05) is 38.1 Å². The lowest BCUT2D eigenvalue weighted by Gasteiger charge is -2.08. The molecule has 0 saturated carbocycles. The van der Waals surface area contributed by atoms with E-state index in [4.69, 9.17) is 5.26 Å². The van der Waals surface area contributed by atoms with Crippen molar-refractivity contribution in [1.82, 2.24) is 0 Å². The average molecular weight is 205 g/mol. The highest BCUT2D eigenvalue weighted by Crippen LogP contribution is 2.18. The molecule has 1 unspecified atom stereocenters. The number of hydrogen-bond acceptors (Lipinski definition) is 2. The Bertz CT molecular complexity index is 315. The molecule has 1 rings (SSSR count). The predicted octanol–water partition coefficient (Wildman–Crippen LogP) is 3.22. The van der Waals surface area contributed by atoms with Gasteiger partial charge in [-0.2, -0.15) is 5.26 Å². The maximum absolute atomic E-state index is 9.38. The number of rotatable bonds is 3. The number of aryl methyl sites for hydroxylation is 1. The van der Waals surface area contributed by atoms with E-state index in [-0.39, 0.29) is 0 Å². The molecule has 0 amide bonds. The standard InChI is InChI=1S/C11H13NO.C2H6/c1-2-5-9-6-3-4-7-10(9)11(13)8-12;1-2/h3-4,6-7,11,13H,2,5H2,1H3;1-2H3. The molecule has 0 saturated heterocycles. The summed E-state index contributed by atoms with van der Waals surface area (Å²) in [5.41, 5.74) is 1.81. The van der Waals surface area contributed by atoms with Crippen LogP contribution in [0.2, 0.25) is 0 Å². The van der Waals surface area contributed by atoms with Gasteiger partial charge in [0.2, 0.25) is 0 Å². The van der Waals surface area contributed by atoms with Gasteiger partial charge in [0.05, 0.1) is 6.07 Å². The van der Waals surface area contributed by atoms with Crippen molar-refractivity contribution in [1.29, 1.82) is 5.26 Å². The van der Waals surface area contributed by atoms with E-state index in [1.54, 1.807) is 6.07 Å². The summed E-state index contributed by atoms with van der Waals surface area (Å²) in [6.07, 6.45) is 0.951. The van der Waals surface area contributed by atoms with Gasteiger partial charge < -0.3 is 5.11 Å². The van der Waals surface area contributed by atoms with E-state index >= 15 is 0 Å². The Morgan fingerprint density at radius 1 is 1.33 bits per heavy atom. The lowest BCUT2D eigenvalue weighted by Crippen LogP contribution is -1.99. The normalized spacial score (nSPS) is 10.9. The smallest absolute Gasteiger partial charge is 0.166 e. The van der Waals surface area contributed by atoms with Crippen molar-refractivity contribution in [3.8, 4) is 6.07 Å². The minimum Gasteiger partial charge on any atom is -0.374 e. The van der Waals surface area contributed by atoms with Gasteiger partial charge in [0, 0.05) is 0 Å². The molecule has 0 spiro atoms. The van der Waals surface area contributed by atoms with Gasteiger partial charge in [0.25, 0.3) is 0 Å². The molecule has 0 heterocycles. The number of benzene rings is 1. The summed E-state index contributed by atoms with van der Waals surface area (Å²) in [5.74, 6) is 0. The van der Waals surface area contributed by atoms with Gasteiger partial charge in [0.1, 0.15) is 0 Å². The maximum atomic E-state index is 9.38. The highest BCUT2D eigenvalue weighted by Gasteiger charge is 2.09. The van der Waals surface area contributed by atoms with Crippen LogP contribution in [0.3, 0.4) is 0 Å². The molecule has 0 aliphatic rings. The van der Waals surface area contributed by atoms with Gasteiger partial charge in [-0.25, -0.2) is 0 Å². The van der Waals surface area contributed by atoms with Gasteiger partial charge in [-0.05, 0) is 17.5 Å². The molecule has 82 valence electrons. The average Bonchev–Trinajstić information content (AvgIpc) is 2.32. The summed E-state index contributed by atoms with van der Waals surface area (Å²) in [6, 6.07) is 9.37. The molecule has 0 bridgehead atoms. The van der Waals surface area contributed by atoms with Crippen molar-refractivity contribution in [3.63, 3.8) is 0 Å². The first-order valence-corrected chi connectivity index (χ1v) is 5.45. The molecule has 0 aliphatic heterocycles. The van der Waals surface area contributed by atoms with Crippen molar-refractivity contribution < 1.29 is 5.11 Å². The number of nitriles is 1. The Balaban J connectivity index is 0.000000921.